The Kier molecular flexibility index (Phi) is 5.89. The highest BCUT2D eigenvalue weighted by atomic mass is 16.4. The van der Waals surface area contributed by atoms with Crippen molar-refractivity contribution in [1.29, 1.82) is 0 Å². The number of hydrogen-bond acceptors (Lipinski definition) is 4. The van der Waals surface area contributed by atoms with E-state index in [1.165, 1.54) is 11.8 Å². The summed E-state index contributed by atoms with van der Waals surface area (Å²) in [7, 11) is 0. The molecule has 7 nitrogen and oxygen atoms in total. The molecule has 1 atom stereocenters. The maximum absolute atomic E-state index is 12.6. The van der Waals surface area contributed by atoms with E-state index in [1.807, 2.05) is 13.0 Å². The first-order valence-electron chi connectivity index (χ1n) is 8.08. The van der Waals surface area contributed by atoms with E-state index in [1.54, 1.807) is 17.3 Å². The Morgan fingerprint density at radius 3 is 2.67 bits per heavy atom. The molecular weight excluding hydrogens is 310 g/mol. The molecule has 1 unspecified atom stereocenters. The quantitative estimate of drug-likeness (QED) is 0.897. The van der Waals surface area contributed by atoms with Crippen LogP contribution in [0.2, 0.25) is 0 Å². The van der Waals surface area contributed by atoms with Crippen LogP contribution in [0.3, 0.4) is 0 Å². The third-order valence-corrected chi connectivity index (χ3v) is 4.26. The minimum Gasteiger partial charge on any atom is -0.480 e. The molecule has 24 heavy (non-hydrogen) atoms. The molecule has 0 aliphatic carbocycles. The van der Waals surface area contributed by atoms with E-state index in [-0.39, 0.29) is 24.4 Å². The summed E-state index contributed by atoms with van der Waals surface area (Å²) in [5.41, 5.74) is 1.49. The van der Waals surface area contributed by atoms with Crippen LogP contribution in [0.15, 0.2) is 18.5 Å². The van der Waals surface area contributed by atoms with Crippen LogP contribution >= 0.6 is 0 Å². The second kappa shape index (κ2) is 7.90. The Morgan fingerprint density at radius 1 is 1.29 bits per heavy atom. The van der Waals surface area contributed by atoms with Crippen LogP contribution in [-0.2, 0) is 9.59 Å². The Balaban J connectivity index is 2.05. The number of carbonyl (C=O) groups excluding carboxylic acids is 2. The number of aromatic nitrogens is 1. The molecule has 0 bridgehead atoms. The Morgan fingerprint density at radius 2 is 2.04 bits per heavy atom. The highest BCUT2D eigenvalue weighted by molar-refractivity contribution is 5.94. The average Bonchev–Trinajstić information content (AvgIpc) is 2.77. The van der Waals surface area contributed by atoms with E-state index in [0.717, 1.165) is 12.0 Å². The van der Waals surface area contributed by atoms with Crippen LogP contribution in [0.5, 0.6) is 0 Å². The number of amides is 2. The number of carbonyl (C=O) groups is 3. The predicted octanol–water partition coefficient (Wildman–Crippen LogP) is 1.32. The van der Waals surface area contributed by atoms with E-state index >= 15 is 0 Å². The third-order valence-electron chi connectivity index (χ3n) is 4.26. The van der Waals surface area contributed by atoms with Gasteiger partial charge in [-0.15, -0.1) is 0 Å². The zero-order valence-electron chi connectivity index (χ0n) is 14.1. The van der Waals surface area contributed by atoms with Gasteiger partial charge < -0.3 is 14.9 Å². The number of nitrogens with zero attached hydrogens (tertiary/aromatic N) is 3. The normalized spacial score (nSPS) is 17.9. The lowest BCUT2D eigenvalue weighted by Gasteiger charge is -2.28. The molecule has 1 aromatic heterocycles. The van der Waals surface area contributed by atoms with Crippen molar-refractivity contribution >= 4 is 17.8 Å². The van der Waals surface area contributed by atoms with E-state index in [2.05, 4.69) is 4.98 Å². The van der Waals surface area contributed by atoms with Gasteiger partial charge in [0.25, 0.3) is 5.91 Å². The minimum absolute atomic E-state index is 0.0699. The summed E-state index contributed by atoms with van der Waals surface area (Å²) >= 11 is 0. The number of likely N-dealkylation sites (tertiary alicyclic amines) is 1. The average molecular weight is 333 g/mol. The summed E-state index contributed by atoms with van der Waals surface area (Å²) in [6.45, 7) is 4.08. The van der Waals surface area contributed by atoms with Crippen molar-refractivity contribution in [3.05, 3.63) is 29.6 Å². The fourth-order valence-corrected chi connectivity index (χ4v) is 3.09. The molecule has 1 saturated heterocycles. The van der Waals surface area contributed by atoms with Gasteiger partial charge in [0.1, 0.15) is 6.54 Å². The summed E-state index contributed by atoms with van der Waals surface area (Å²) in [6.07, 6.45) is 5.27. The summed E-state index contributed by atoms with van der Waals surface area (Å²) in [4.78, 5) is 42.5. The van der Waals surface area contributed by atoms with Crippen LogP contribution in [0, 0.1) is 6.92 Å². The fourth-order valence-electron chi connectivity index (χ4n) is 3.09. The molecule has 7 heteroatoms. The van der Waals surface area contributed by atoms with Gasteiger partial charge in [-0.25, -0.2) is 0 Å². The molecule has 0 aromatic carbocycles. The van der Waals surface area contributed by atoms with E-state index in [0.29, 0.717) is 31.5 Å². The van der Waals surface area contributed by atoms with Crippen LogP contribution in [0.4, 0.5) is 0 Å². The molecule has 0 radical (unpaired) electrons. The lowest BCUT2D eigenvalue weighted by Crippen LogP contribution is -2.43. The first-order valence-corrected chi connectivity index (χ1v) is 8.08. The smallest absolute Gasteiger partial charge is 0.323 e. The molecule has 1 aliphatic rings. The molecule has 0 saturated carbocycles. The van der Waals surface area contributed by atoms with Crippen molar-refractivity contribution in [2.75, 3.05) is 19.6 Å². The van der Waals surface area contributed by atoms with E-state index in [9.17, 15) is 14.4 Å². The maximum Gasteiger partial charge on any atom is 0.323 e. The lowest BCUT2D eigenvalue weighted by atomic mass is 10.1. The van der Waals surface area contributed by atoms with Gasteiger partial charge in [-0.1, -0.05) is 0 Å². The predicted molar refractivity (Wildman–Crippen MR) is 87.5 cm³/mol. The van der Waals surface area contributed by atoms with Crippen molar-refractivity contribution < 1.29 is 19.5 Å². The van der Waals surface area contributed by atoms with Gasteiger partial charge in [-0.05, 0) is 37.8 Å². The highest BCUT2D eigenvalue weighted by Gasteiger charge is 2.27. The minimum atomic E-state index is -1.02. The third kappa shape index (κ3) is 4.53. The van der Waals surface area contributed by atoms with Gasteiger partial charge in [0, 0.05) is 38.4 Å². The Hall–Kier alpha value is -2.44. The van der Waals surface area contributed by atoms with E-state index in [4.69, 9.17) is 5.11 Å². The van der Waals surface area contributed by atoms with Gasteiger partial charge in [-0.2, -0.15) is 0 Å². The van der Waals surface area contributed by atoms with Crippen LogP contribution in [0.25, 0.3) is 0 Å². The summed E-state index contributed by atoms with van der Waals surface area (Å²) in [5.74, 6) is -1.34. The highest BCUT2D eigenvalue weighted by Crippen LogP contribution is 2.19. The Labute approximate surface area is 141 Å². The monoisotopic (exact) mass is 333 g/mol. The second-order valence-corrected chi connectivity index (χ2v) is 6.17. The number of carboxylic acid groups (broad SMARTS) is 1. The van der Waals surface area contributed by atoms with Crippen LogP contribution in [-0.4, -0.2) is 63.4 Å². The first-order chi connectivity index (χ1) is 11.4. The number of hydrogen-bond donors (Lipinski definition) is 1. The molecule has 130 valence electrons. The van der Waals surface area contributed by atoms with Crippen molar-refractivity contribution in [3.63, 3.8) is 0 Å². The van der Waals surface area contributed by atoms with Gasteiger partial charge in [0.2, 0.25) is 5.91 Å². The summed E-state index contributed by atoms with van der Waals surface area (Å²) in [5, 5.41) is 8.98. The number of pyridine rings is 1. The van der Waals surface area contributed by atoms with Crippen molar-refractivity contribution in [3.8, 4) is 0 Å². The zero-order chi connectivity index (χ0) is 17.7. The topological polar surface area (TPSA) is 90.8 Å². The number of aryl methyl sites for hydroxylation is 1. The standard InChI is InChI=1S/C17H23N3O4/c1-12-8-14(10-18-9-12)17(24)19-6-3-4-15(5-7-19)20(13(2)21)11-16(22)23/h8-10,15H,3-7,11H2,1-2H3,(H,22,23). The van der Waals surface area contributed by atoms with Gasteiger partial charge in [-0.3, -0.25) is 19.4 Å². The SMILES string of the molecule is CC(=O)N(CC(=O)O)C1CCCN(C(=O)c2cncc(C)c2)CC1. The van der Waals surface area contributed by atoms with Gasteiger partial charge in [0.05, 0.1) is 5.56 Å². The number of rotatable bonds is 4. The Bertz CT molecular complexity index is 632. The molecule has 1 N–H and O–H groups in total. The fraction of sp³-hybridized carbons (Fsp3) is 0.529. The van der Waals surface area contributed by atoms with Crippen LogP contribution in [0.1, 0.15) is 42.1 Å². The number of carboxylic acids is 1. The summed E-state index contributed by atoms with van der Waals surface area (Å²) < 4.78 is 0. The van der Waals surface area contributed by atoms with Crippen molar-refractivity contribution in [1.82, 2.24) is 14.8 Å². The van der Waals surface area contributed by atoms with Crippen molar-refractivity contribution in [2.45, 2.75) is 39.2 Å². The van der Waals surface area contributed by atoms with Crippen molar-refractivity contribution in [2.24, 2.45) is 0 Å². The lowest BCUT2D eigenvalue weighted by molar-refractivity contribution is -0.145. The second-order valence-electron chi connectivity index (χ2n) is 6.17. The first kappa shape index (κ1) is 17.9. The molecule has 2 rings (SSSR count). The van der Waals surface area contributed by atoms with Gasteiger partial charge >= 0.3 is 5.97 Å². The largest absolute Gasteiger partial charge is 0.480 e. The molecule has 2 heterocycles. The van der Waals surface area contributed by atoms with Crippen LogP contribution < -0.4 is 0 Å². The zero-order valence-corrected chi connectivity index (χ0v) is 14.1. The molecule has 1 fully saturated rings. The number of aliphatic carboxylic acids is 1. The summed E-state index contributed by atoms with van der Waals surface area (Å²) in [6, 6.07) is 1.66. The molecule has 2 amide bonds. The molecule has 1 aliphatic heterocycles. The molecule has 1 aromatic rings. The maximum atomic E-state index is 12.6. The van der Waals surface area contributed by atoms with Gasteiger partial charge in [0.15, 0.2) is 0 Å². The molecular formula is C17H23N3O4. The van der Waals surface area contributed by atoms with E-state index < -0.39 is 5.97 Å². The molecule has 0 spiro atoms.